The molecule has 0 aliphatic carbocycles. The second-order valence-corrected chi connectivity index (χ2v) is 6.33. The number of carbonyl (C=O) groups excluding carboxylic acids is 1. The molecular formula is C17H21ClN4O. The van der Waals surface area contributed by atoms with Gasteiger partial charge in [0.15, 0.2) is 0 Å². The van der Waals surface area contributed by atoms with Crippen molar-refractivity contribution in [3.8, 4) is 0 Å². The van der Waals surface area contributed by atoms with Gasteiger partial charge in [-0.3, -0.25) is 14.4 Å². The maximum Gasteiger partial charge on any atom is 0.257 e. The normalized spacial score (nSPS) is 15.9. The number of benzene rings is 1. The van der Waals surface area contributed by atoms with Crippen molar-refractivity contribution in [1.82, 2.24) is 19.6 Å². The predicted octanol–water partition coefficient (Wildman–Crippen LogP) is 2.34. The van der Waals surface area contributed by atoms with Crippen molar-refractivity contribution in [2.45, 2.75) is 13.5 Å². The van der Waals surface area contributed by atoms with E-state index in [1.54, 1.807) is 10.9 Å². The third-order valence-corrected chi connectivity index (χ3v) is 4.85. The van der Waals surface area contributed by atoms with E-state index in [-0.39, 0.29) is 5.91 Å². The number of halogens is 1. The first-order chi connectivity index (χ1) is 11.1. The van der Waals surface area contributed by atoms with Crippen LogP contribution in [0.25, 0.3) is 0 Å². The molecule has 1 aromatic carbocycles. The molecule has 1 saturated heterocycles. The highest BCUT2D eigenvalue weighted by Crippen LogP contribution is 2.18. The molecule has 1 aliphatic rings. The van der Waals surface area contributed by atoms with Gasteiger partial charge in [-0.15, -0.1) is 0 Å². The van der Waals surface area contributed by atoms with E-state index in [0.717, 1.165) is 49.0 Å². The lowest BCUT2D eigenvalue weighted by molar-refractivity contribution is 0.0627. The van der Waals surface area contributed by atoms with Gasteiger partial charge in [0.25, 0.3) is 5.91 Å². The summed E-state index contributed by atoms with van der Waals surface area (Å²) in [6.07, 6.45) is 1.66. The fraction of sp³-hybridized carbons (Fsp3) is 0.412. The number of amides is 1. The molecular weight excluding hydrogens is 312 g/mol. The van der Waals surface area contributed by atoms with Crippen molar-refractivity contribution in [3.63, 3.8) is 0 Å². The van der Waals surface area contributed by atoms with Crippen LogP contribution in [0.4, 0.5) is 0 Å². The van der Waals surface area contributed by atoms with Gasteiger partial charge in [0.2, 0.25) is 0 Å². The molecule has 0 radical (unpaired) electrons. The second-order valence-electron chi connectivity index (χ2n) is 5.93. The SMILES string of the molecule is Cc1c(C(=O)N2CCN(Cc3ccccc3Cl)CC2)cnn1C. The molecule has 0 atom stereocenters. The topological polar surface area (TPSA) is 41.4 Å². The van der Waals surface area contributed by atoms with E-state index in [1.165, 1.54) is 0 Å². The van der Waals surface area contributed by atoms with E-state index in [2.05, 4.69) is 16.1 Å². The summed E-state index contributed by atoms with van der Waals surface area (Å²) in [5.41, 5.74) is 2.75. The number of nitrogens with zero attached hydrogens (tertiary/aromatic N) is 4. The van der Waals surface area contributed by atoms with Crippen LogP contribution in [-0.2, 0) is 13.6 Å². The Kier molecular flexibility index (Phi) is 4.68. The third-order valence-electron chi connectivity index (χ3n) is 4.48. The first-order valence-electron chi connectivity index (χ1n) is 7.80. The van der Waals surface area contributed by atoms with Gasteiger partial charge >= 0.3 is 0 Å². The highest BCUT2D eigenvalue weighted by Gasteiger charge is 2.24. The average Bonchev–Trinajstić information content (AvgIpc) is 2.89. The van der Waals surface area contributed by atoms with E-state index >= 15 is 0 Å². The van der Waals surface area contributed by atoms with Crippen LogP contribution in [0.2, 0.25) is 5.02 Å². The minimum atomic E-state index is 0.0768. The quantitative estimate of drug-likeness (QED) is 0.866. The van der Waals surface area contributed by atoms with E-state index < -0.39 is 0 Å². The second kappa shape index (κ2) is 6.72. The van der Waals surface area contributed by atoms with E-state index in [4.69, 9.17) is 11.6 Å². The van der Waals surface area contributed by atoms with Gasteiger partial charge in [0.1, 0.15) is 0 Å². The highest BCUT2D eigenvalue weighted by molar-refractivity contribution is 6.31. The molecule has 2 heterocycles. The van der Waals surface area contributed by atoms with E-state index in [9.17, 15) is 4.79 Å². The number of aromatic nitrogens is 2. The molecule has 6 heteroatoms. The lowest BCUT2D eigenvalue weighted by Crippen LogP contribution is -2.48. The fourth-order valence-corrected chi connectivity index (χ4v) is 3.05. The Labute approximate surface area is 141 Å². The van der Waals surface area contributed by atoms with Crippen molar-refractivity contribution in [1.29, 1.82) is 0 Å². The van der Waals surface area contributed by atoms with Gasteiger partial charge in [0.05, 0.1) is 11.8 Å². The third kappa shape index (κ3) is 3.41. The van der Waals surface area contributed by atoms with Crippen LogP contribution >= 0.6 is 11.6 Å². The predicted molar refractivity (Wildman–Crippen MR) is 90.6 cm³/mol. The molecule has 0 N–H and O–H groups in total. The highest BCUT2D eigenvalue weighted by atomic mass is 35.5. The lowest BCUT2D eigenvalue weighted by Gasteiger charge is -2.34. The van der Waals surface area contributed by atoms with Gasteiger partial charge in [-0.2, -0.15) is 5.10 Å². The monoisotopic (exact) mass is 332 g/mol. The first kappa shape index (κ1) is 16.0. The Hall–Kier alpha value is -1.85. The van der Waals surface area contributed by atoms with Crippen molar-refractivity contribution in [2.75, 3.05) is 26.2 Å². The van der Waals surface area contributed by atoms with Crippen LogP contribution in [0.1, 0.15) is 21.6 Å². The molecule has 0 bridgehead atoms. The summed E-state index contributed by atoms with van der Waals surface area (Å²) >= 11 is 6.22. The first-order valence-corrected chi connectivity index (χ1v) is 8.17. The summed E-state index contributed by atoms with van der Waals surface area (Å²) in [5.74, 6) is 0.0768. The van der Waals surface area contributed by atoms with Crippen LogP contribution in [0, 0.1) is 6.92 Å². The minimum absolute atomic E-state index is 0.0768. The van der Waals surface area contributed by atoms with Gasteiger partial charge < -0.3 is 4.90 Å². The Morgan fingerprint density at radius 2 is 1.91 bits per heavy atom. The lowest BCUT2D eigenvalue weighted by atomic mass is 10.1. The smallest absolute Gasteiger partial charge is 0.257 e. The summed E-state index contributed by atoms with van der Waals surface area (Å²) in [4.78, 5) is 16.8. The van der Waals surface area contributed by atoms with Gasteiger partial charge in [-0.05, 0) is 18.6 Å². The fourth-order valence-electron chi connectivity index (χ4n) is 2.86. The number of rotatable bonds is 3. The number of piperazine rings is 1. The summed E-state index contributed by atoms with van der Waals surface area (Å²) in [5, 5.41) is 4.96. The molecule has 0 spiro atoms. The Morgan fingerprint density at radius 1 is 1.22 bits per heavy atom. The zero-order valence-electron chi connectivity index (χ0n) is 13.5. The van der Waals surface area contributed by atoms with Crippen LogP contribution in [-0.4, -0.2) is 51.7 Å². The van der Waals surface area contributed by atoms with Crippen molar-refractivity contribution in [3.05, 3.63) is 52.3 Å². The largest absolute Gasteiger partial charge is 0.336 e. The number of aryl methyl sites for hydroxylation is 1. The zero-order chi connectivity index (χ0) is 16.4. The summed E-state index contributed by atoms with van der Waals surface area (Å²) in [7, 11) is 1.85. The summed E-state index contributed by atoms with van der Waals surface area (Å²) in [6.45, 7) is 5.93. The Morgan fingerprint density at radius 3 is 2.52 bits per heavy atom. The van der Waals surface area contributed by atoms with Gasteiger partial charge in [-0.25, -0.2) is 0 Å². The standard InChI is InChI=1S/C17H21ClN4O/c1-13-15(11-19-20(13)2)17(23)22-9-7-21(8-10-22)12-14-5-3-4-6-16(14)18/h3-6,11H,7-10,12H2,1-2H3. The molecule has 0 unspecified atom stereocenters. The van der Waals surface area contributed by atoms with Gasteiger partial charge in [-0.1, -0.05) is 29.8 Å². The molecule has 1 fully saturated rings. The Bertz CT molecular complexity index is 704. The summed E-state index contributed by atoms with van der Waals surface area (Å²) < 4.78 is 1.74. The molecule has 122 valence electrons. The molecule has 5 nitrogen and oxygen atoms in total. The number of hydrogen-bond acceptors (Lipinski definition) is 3. The van der Waals surface area contributed by atoms with E-state index in [1.807, 2.05) is 37.1 Å². The minimum Gasteiger partial charge on any atom is -0.336 e. The molecule has 1 aliphatic heterocycles. The Balaban J connectivity index is 1.59. The molecule has 23 heavy (non-hydrogen) atoms. The van der Waals surface area contributed by atoms with Crippen LogP contribution in [0.15, 0.2) is 30.5 Å². The molecule has 0 saturated carbocycles. The van der Waals surface area contributed by atoms with Crippen molar-refractivity contribution >= 4 is 17.5 Å². The molecule has 2 aromatic rings. The molecule has 3 rings (SSSR count). The van der Waals surface area contributed by atoms with Gasteiger partial charge in [0, 0.05) is 50.5 Å². The van der Waals surface area contributed by atoms with Crippen LogP contribution < -0.4 is 0 Å². The van der Waals surface area contributed by atoms with Crippen molar-refractivity contribution in [2.24, 2.45) is 7.05 Å². The maximum atomic E-state index is 12.6. The van der Waals surface area contributed by atoms with Crippen LogP contribution in [0.3, 0.4) is 0 Å². The zero-order valence-corrected chi connectivity index (χ0v) is 14.3. The average molecular weight is 333 g/mol. The maximum absolute atomic E-state index is 12.6. The molecule has 1 aromatic heterocycles. The number of hydrogen-bond donors (Lipinski definition) is 0. The number of carbonyl (C=O) groups is 1. The molecule has 1 amide bonds. The van der Waals surface area contributed by atoms with Crippen molar-refractivity contribution < 1.29 is 4.79 Å². The van der Waals surface area contributed by atoms with Crippen LogP contribution in [0.5, 0.6) is 0 Å². The van der Waals surface area contributed by atoms with E-state index in [0.29, 0.717) is 5.56 Å². The summed E-state index contributed by atoms with van der Waals surface area (Å²) in [6, 6.07) is 7.92.